The number of nitrogens with one attached hydrogen (secondary N) is 1. The average molecular weight is 282 g/mol. The number of halogens is 1. The summed E-state index contributed by atoms with van der Waals surface area (Å²) in [6.45, 7) is 3.65. The second-order valence-electron chi connectivity index (χ2n) is 4.94. The largest absolute Gasteiger partial charge is 0.394 e. The Bertz CT molecular complexity index is 485. The minimum atomic E-state index is -1.30. The molecule has 2 heterocycles. The van der Waals surface area contributed by atoms with Crippen LogP contribution in [0, 0.1) is 5.92 Å². The first kappa shape index (κ1) is 14.6. The molecule has 4 unspecified atom stereocenters. The van der Waals surface area contributed by atoms with Gasteiger partial charge >= 0.3 is 0 Å². The first-order chi connectivity index (χ1) is 9.58. The number of hydrogen-bond donors (Lipinski definition) is 2. The minimum absolute atomic E-state index is 0.342. The zero-order chi connectivity index (χ0) is 14.7. The molecule has 20 heavy (non-hydrogen) atoms. The lowest BCUT2D eigenvalue weighted by molar-refractivity contribution is -0.118. The molecule has 1 aliphatic rings. The number of anilines is 2. The summed E-state index contributed by atoms with van der Waals surface area (Å²) in [5.74, 6) is -0.155. The number of aryl methyl sites for hydroxylation is 1. The fourth-order valence-electron chi connectivity index (χ4n) is 2.21. The minimum Gasteiger partial charge on any atom is -0.394 e. The molecular weight excluding hydrogens is 263 g/mol. The molecule has 2 rings (SSSR count). The Labute approximate surface area is 116 Å². The van der Waals surface area contributed by atoms with Gasteiger partial charge in [-0.25, -0.2) is 14.4 Å². The number of nitrogen functional groups attached to an aromatic ring is 1. The number of rotatable bonds is 5. The van der Waals surface area contributed by atoms with Crippen LogP contribution in [-0.4, -0.2) is 34.8 Å². The molecule has 0 amide bonds. The third-order valence-corrected chi connectivity index (χ3v) is 3.48. The molecule has 3 N–H and O–H groups in total. The molecule has 1 aromatic heterocycles. The van der Waals surface area contributed by atoms with Crippen LogP contribution >= 0.6 is 0 Å². The Kier molecular flexibility index (Phi) is 4.49. The highest BCUT2D eigenvalue weighted by atomic mass is 19.1. The standard InChI is InChI=1S/C13H19FN4O2/c1-3-4-8-11(15)12(17-6-16-8)18-13-10(14)7(2)9(5-19)20-13/h5-7,9-10,13H,3-4,15H2,1-2H3,(H,16,17,18). The van der Waals surface area contributed by atoms with Crippen molar-refractivity contribution in [2.45, 2.75) is 45.2 Å². The lowest BCUT2D eigenvalue weighted by atomic mass is 10.0. The van der Waals surface area contributed by atoms with E-state index < -0.39 is 24.4 Å². The SMILES string of the molecule is CCCc1ncnc(NC2OC(C=O)C(C)C2F)c1N. The lowest BCUT2D eigenvalue weighted by Gasteiger charge is -2.17. The van der Waals surface area contributed by atoms with Crippen LogP contribution < -0.4 is 11.1 Å². The molecule has 4 atom stereocenters. The van der Waals surface area contributed by atoms with E-state index >= 15 is 0 Å². The Morgan fingerprint density at radius 1 is 1.55 bits per heavy atom. The Hall–Kier alpha value is -1.76. The van der Waals surface area contributed by atoms with E-state index in [1.165, 1.54) is 6.33 Å². The Morgan fingerprint density at radius 3 is 2.90 bits per heavy atom. The average Bonchev–Trinajstić information content (AvgIpc) is 2.71. The normalized spacial score (nSPS) is 29.4. The number of carbonyl (C=O) groups excluding carboxylic acids is 1. The summed E-state index contributed by atoms with van der Waals surface area (Å²) >= 11 is 0. The van der Waals surface area contributed by atoms with Crippen LogP contribution in [0.5, 0.6) is 0 Å². The summed E-state index contributed by atoms with van der Waals surface area (Å²) in [6, 6.07) is 0. The van der Waals surface area contributed by atoms with Gasteiger partial charge in [0.1, 0.15) is 18.7 Å². The van der Waals surface area contributed by atoms with Crippen molar-refractivity contribution in [3.63, 3.8) is 0 Å². The van der Waals surface area contributed by atoms with Crippen molar-refractivity contribution in [3.8, 4) is 0 Å². The smallest absolute Gasteiger partial charge is 0.161 e. The van der Waals surface area contributed by atoms with Crippen LogP contribution in [-0.2, 0) is 16.0 Å². The molecule has 0 aromatic carbocycles. The maximum atomic E-state index is 14.1. The van der Waals surface area contributed by atoms with E-state index in [1.54, 1.807) is 6.92 Å². The topological polar surface area (TPSA) is 90.1 Å². The lowest BCUT2D eigenvalue weighted by Crippen LogP contribution is -2.30. The van der Waals surface area contributed by atoms with Gasteiger partial charge in [-0.3, -0.25) is 0 Å². The maximum Gasteiger partial charge on any atom is 0.161 e. The van der Waals surface area contributed by atoms with Crippen LogP contribution in [0.3, 0.4) is 0 Å². The molecule has 1 saturated heterocycles. The summed E-state index contributed by atoms with van der Waals surface area (Å²) in [4.78, 5) is 18.9. The van der Waals surface area contributed by atoms with E-state index in [2.05, 4.69) is 15.3 Å². The monoisotopic (exact) mass is 282 g/mol. The first-order valence-corrected chi connectivity index (χ1v) is 6.69. The molecule has 0 spiro atoms. The van der Waals surface area contributed by atoms with E-state index in [9.17, 15) is 9.18 Å². The summed E-state index contributed by atoms with van der Waals surface area (Å²) in [5, 5.41) is 2.82. The van der Waals surface area contributed by atoms with E-state index in [0.717, 1.165) is 18.5 Å². The van der Waals surface area contributed by atoms with Gasteiger partial charge in [0, 0.05) is 5.92 Å². The van der Waals surface area contributed by atoms with Crippen molar-refractivity contribution in [3.05, 3.63) is 12.0 Å². The van der Waals surface area contributed by atoms with Gasteiger partial charge in [0.05, 0.1) is 11.4 Å². The third-order valence-electron chi connectivity index (χ3n) is 3.48. The Balaban J connectivity index is 2.14. The van der Waals surface area contributed by atoms with Crippen LogP contribution in [0.1, 0.15) is 26.0 Å². The molecule has 1 aliphatic heterocycles. The molecule has 1 aromatic rings. The van der Waals surface area contributed by atoms with Crippen LogP contribution in [0.4, 0.5) is 15.9 Å². The summed E-state index contributed by atoms with van der Waals surface area (Å²) < 4.78 is 19.4. The third kappa shape index (κ3) is 2.72. The maximum absolute atomic E-state index is 14.1. The van der Waals surface area contributed by atoms with Crippen molar-refractivity contribution >= 4 is 17.8 Å². The van der Waals surface area contributed by atoms with Gasteiger partial charge in [-0.2, -0.15) is 0 Å². The van der Waals surface area contributed by atoms with Gasteiger partial charge in [-0.05, 0) is 6.42 Å². The quantitative estimate of drug-likeness (QED) is 0.792. The van der Waals surface area contributed by atoms with Gasteiger partial charge in [0.2, 0.25) is 0 Å². The molecule has 1 fully saturated rings. The van der Waals surface area contributed by atoms with Crippen LogP contribution in [0.15, 0.2) is 6.33 Å². The molecule has 0 saturated carbocycles. The number of alkyl halides is 1. The molecule has 6 nitrogen and oxygen atoms in total. The molecular formula is C13H19FN4O2. The zero-order valence-corrected chi connectivity index (χ0v) is 11.5. The number of nitrogens with zero attached hydrogens (tertiary/aromatic N) is 2. The second kappa shape index (κ2) is 6.13. The summed E-state index contributed by atoms with van der Waals surface area (Å²) in [6.07, 6.45) is 0.649. The highest BCUT2D eigenvalue weighted by molar-refractivity contribution is 5.64. The van der Waals surface area contributed by atoms with Crippen LogP contribution in [0.2, 0.25) is 0 Å². The van der Waals surface area contributed by atoms with Gasteiger partial charge in [0.25, 0.3) is 0 Å². The fraction of sp³-hybridized carbons (Fsp3) is 0.615. The summed E-state index contributed by atoms with van der Waals surface area (Å²) in [5.41, 5.74) is 7.08. The molecule has 0 aliphatic carbocycles. The van der Waals surface area contributed by atoms with Gasteiger partial charge in [0.15, 0.2) is 18.2 Å². The van der Waals surface area contributed by atoms with Crippen molar-refractivity contribution < 1.29 is 13.9 Å². The molecule has 0 bridgehead atoms. The zero-order valence-electron chi connectivity index (χ0n) is 11.5. The van der Waals surface area contributed by atoms with Crippen molar-refractivity contribution in [2.75, 3.05) is 11.1 Å². The number of ether oxygens (including phenoxy) is 1. The van der Waals surface area contributed by atoms with Gasteiger partial charge in [-0.15, -0.1) is 0 Å². The number of aromatic nitrogens is 2. The van der Waals surface area contributed by atoms with Crippen LogP contribution in [0.25, 0.3) is 0 Å². The van der Waals surface area contributed by atoms with Gasteiger partial charge < -0.3 is 20.6 Å². The number of hydrogen-bond acceptors (Lipinski definition) is 6. The van der Waals surface area contributed by atoms with Crippen molar-refractivity contribution in [1.29, 1.82) is 0 Å². The predicted molar refractivity (Wildman–Crippen MR) is 72.8 cm³/mol. The van der Waals surface area contributed by atoms with E-state index in [4.69, 9.17) is 10.5 Å². The summed E-state index contributed by atoms with van der Waals surface area (Å²) in [7, 11) is 0. The molecule has 0 radical (unpaired) electrons. The highest BCUT2D eigenvalue weighted by Gasteiger charge is 2.42. The number of nitrogens with two attached hydrogens (primary N) is 1. The predicted octanol–water partition coefficient (Wildman–Crippen LogP) is 1.32. The van der Waals surface area contributed by atoms with E-state index in [0.29, 0.717) is 17.8 Å². The molecule has 110 valence electrons. The second-order valence-corrected chi connectivity index (χ2v) is 4.94. The van der Waals surface area contributed by atoms with Crippen molar-refractivity contribution in [1.82, 2.24) is 9.97 Å². The number of carbonyl (C=O) groups is 1. The fourth-order valence-corrected chi connectivity index (χ4v) is 2.21. The number of aldehydes is 1. The van der Waals surface area contributed by atoms with Gasteiger partial charge in [-0.1, -0.05) is 20.3 Å². The van der Waals surface area contributed by atoms with Crippen molar-refractivity contribution in [2.24, 2.45) is 5.92 Å². The van der Waals surface area contributed by atoms with E-state index in [-0.39, 0.29) is 0 Å². The van der Waals surface area contributed by atoms with E-state index in [1.807, 2.05) is 6.92 Å². The highest BCUT2D eigenvalue weighted by Crippen LogP contribution is 2.30. The molecule has 7 heteroatoms. The first-order valence-electron chi connectivity index (χ1n) is 6.69. The Morgan fingerprint density at radius 2 is 2.30 bits per heavy atom.